The first-order valence-electron chi connectivity index (χ1n) is 5.43. The van der Waals surface area contributed by atoms with Crippen LogP contribution in [-0.2, 0) is 0 Å². The van der Waals surface area contributed by atoms with Crippen molar-refractivity contribution in [2.24, 2.45) is 0 Å². The SMILES string of the molecule is O=C(COc1ccc(Br)cc1Br)c1ccc(F)cc1. The zero-order chi connectivity index (χ0) is 13.8. The van der Waals surface area contributed by atoms with Crippen LogP contribution in [0.2, 0.25) is 0 Å². The molecule has 0 aromatic heterocycles. The van der Waals surface area contributed by atoms with Crippen molar-refractivity contribution in [3.8, 4) is 5.75 Å². The van der Waals surface area contributed by atoms with Crippen molar-refractivity contribution < 1.29 is 13.9 Å². The summed E-state index contributed by atoms with van der Waals surface area (Å²) in [6, 6.07) is 10.8. The Kier molecular flexibility index (Phi) is 4.71. The molecule has 2 aromatic rings. The van der Waals surface area contributed by atoms with E-state index in [4.69, 9.17) is 4.74 Å². The van der Waals surface area contributed by atoms with Crippen LogP contribution in [0.25, 0.3) is 0 Å². The van der Waals surface area contributed by atoms with Gasteiger partial charge in [-0.3, -0.25) is 4.79 Å². The van der Waals surface area contributed by atoms with Crippen molar-refractivity contribution >= 4 is 37.6 Å². The molecular formula is C14H9Br2FO2. The number of rotatable bonds is 4. The molecule has 0 aliphatic carbocycles. The summed E-state index contributed by atoms with van der Waals surface area (Å²) in [4.78, 5) is 11.8. The van der Waals surface area contributed by atoms with E-state index in [2.05, 4.69) is 31.9 Å². The average Bonchev–Trinajstić information content (AvgIpc) is 2.38. The van der Waals surface area contributed by atoms with Gasteiger partial charge in [-0.05, 0) is 58.4 Å². The maximum atomic E-state index is 12.7. The van der Waals surface area contributed by atoms with Gasteiger partial charge < -0.3 is 4.74 Å². The van der Waals surface area contributed by atoms with Gasteiger partial charge in [0.05, 0.1) is 4.47 Å². The van der Waals surface area contributed by atoms with E-state index in [1.54, 1.807) is 6.07 Å². The molecule has 0 radical (unpaired) electrons. The van der Waals surface area contributed by atoms with E-state index < -0.39 is 0 Å². The molecule has 0 saturated heterocycles. The molecule has 0 unspecified atom stereocenters. The Morgan fingerprint density at radius 2 is 1.79 bits per heavy atom. The average molecular weight is 388 g/mol. The predicted molar refractivity (Wildman–Crippen MR) is 78.1 cm³/mol. The van der Waals surface area contributed by atoms with E-state index in [9.17, 15) is 9.18 Å². The highest BCUT2D eigenvalue weighted by Crippen LogP contribution is 2.28. The number of carbonyl (C=O) groups is 1. The minimum Gasteiger partial charge on any atom is -0.484 e. The van der Waals surface area contributed by atoms with Crippen LogP contribution in [-0.4, -0.2) is 12.4 Å². The molecule has 5 heteroatoms. The Morgan fingerprint density at radius 1 is 1.11 bits per heavy atom. The first kappa shape index (κ1) is 14.2. The van der Waals surface area contributed by atoms with Crippen LogP contribution in [0.5, 0.6) is 5.75 Å². The second-order valence-electron chi connectivity index (χ2n) is 3.79. The molecule has 0 amide bonds. The molecule has 0 heterocycles. The summed E-state index contributed by atoms with van der Waals surface area (Å²) in [6.07, 6.45) is 0. The van der Waals surface area contributed by atoms with Gasteiger partial charge in [0.2, 0.25) is 0 Å². The summed E-state index contributed by atoms with van der Waals surface area (Å²) in [5, 5.41) is 0. The molecule has 0 atom stereocenters. The van der Waals surface area contributed by atoms with Crippen LogP contribution in [0.15, 0.2) is 51.4 Å². The first-order valence-corrected chi connectivity index (χ1v) is 7.01. The van der Waals surface area contributed by atoms with Gasteiger partial charge in [-0.1, -0.05) is 15.9 Å². The Hall–Kier alpha value is -1.20. The molecule has 0 aliphatic rings. The molecule has 0 N–H and O–H groups in total. The number of hydrogen-bond acceptors (Lipinski definition) is 2. The van der Waals surface area contributed by atoms with E-state index in [0.29, 0.717) is 11.3 Å². The highest BCUT2D eigenvalue weighted by atomic mass is 79.9. The van der Waals surface area contributed by atoms with Crippen molar-refractivity contribution in [1.82, 2.24) is 0 Å². The fourth-order valence-corrected chi connectivity index (χ4v) is 2.62. The molecule has 98 valence electrons. The molecule has 0 bridgehead atoms. The predicted octanol–water partition coefficient (Wildman–Crippen LogP) is 4.61. The maximum absolute atomic E-state index is 12.7. The van der Waals surface area contributed by atoms with Crippen molar-refractivity contribution in [3.63, 3.8) is 0 Å². The Morgan fingerprint density at radius 3 is 2.42 bits per heavy atom. The van der Waals surface area contributed by atoms with Gasteiger partial charge in [-0.15, -0.1) is 0 Å². The molecule has 2 aromatic carbocycles. The highest BCUT2D eigenvalue weighted by Gasteiger charge is 2.08. The molecule has 0 saturated carbocycles. The van der Waals surface area contributed by atoms with Gasteiger partial charge in [-0.2, -0.15) is 0 Å². The number of Topliss-reactive ketones (excluding diaryl/α,β-unsaturated/α-hetero) is 1. The van der Waals surface area contributed by atoms with Crippen molar-refractivity contribution in [2.75, 3.05) is 6.61 Å². The van der Waals surface area contributed by atoms with Crippen LogP contribution < -0.4 is 4.74 Å². The highest BCUT2D eigenvalue weighted by molar-refractivity contribution is 9.11. The molecule has 2 rings (SSSR count). The summed E-state index contributed by atoms with van der Waals surface area (Å²) in [5.41, 5.74) is 0.426. The Labute approximate surface area is 126 Å². The zero-order valence-electron chi connectivity index (χ0n) is 9.70. The molecule has 2 nitrogen and oxygen atoms in total. The summed E-state index contributed by atoms with van der Waals surface area (Å²) in [6.45, 7) is -0.0914. The molecule has 19 heavy (non-hydrogen) atoms. The van der Waals surface area contributed by atoms with E-state index in [1.165, 1.54) is 24.3 Å². The fraction of sp³-hybridized carbons (Fsp3) is 0.0714. The largest absolute Gasteiger partial charge is 0.484 e. The Bertz CT molecular complexity index is 597. The lowest BCUT2D eigenvalue weighted by molar-refractivity contribution is 0.0921. The van der Waals surface area contributed by atoms with E-state index in [-0.39, 0.29) is 18.2 Å². The number of carbonyl (C=O) groups excluding carboxylic acids is 1. The summed E-state index contributed by atoms with van der Waals surface area (Å²) in [7, 11) is 0. The first-order chi connectivity index (χ1) is 9.06. The van der Waals surface area contributed by atoms with Gasteiger partial charge in [-0.25, -0.2) is 4.39 Å². The van der Waals surface area contributed by atoms with E-state index in [0.717, 1.165) is 8.95 Å². The van der Waals surface area contributed by atoms with Crippen molar-refractivity contribution in [1.29, 1.82) is 0 Å². The van der Waals surface area contributed by atoms with Crippen molar-refractivity contribution in [3.05, 3.63) is 62.8 Å². The second kappa shape index (κ2) is 6.30. The topological polar surface area (TPSA) is 26.3 Å². The maximum Gasteiger partial charge on any atom is 0.200 e. The summed E-state index contributed by atoms with van der Waals surface area (Å²) >= 11 is 6.68. The van der Waals surface area contributed by atoms with Gasteiger partial charge in [0.15, 0.2) is 12.4 Å². The third-order valence-corrected chi connectivity index (χ3v) is 3.53. The second-order valence-corrected chi connectivity index (χ2v) is 5.56. The minimum absolute atomic E-state index is 0.0914. The summed E-state index contributed by atoms with van der Waals surface area (Å²) in [5.74, 6) is 0.0154. The van der Waals surface area contributed by atoms with Gasteiger partial charge in [0.25, 0.3) is 0 Å². The van der Waals surface area contributed by atoms with Gasteiger partial charge in [0, 0.05) is 10.0 Å². The number of hydrogen-bond donors (Lipinski definition) is 0. The van der Waals surface area contributed by atoms with Crippen LogP contribution in [0.3, 0.4) is 0 Å². The lowest BCUT2D eigenvalue weighted by Crippen LogP contribution is -2.11. The summed E-state index contributed by atoms with van der Waals surface area (Å²) < 4.78 is 19.8. The number of halogens is 3. The van der Waals surface area contributed by atoms with E-state index >= 15 is 0 Å². The van der Waals surface area contributed by atoms with Crippen LogP contribution in [0, 0.1) is 5.82 Å². The Balaban J connectivity index is 2.02. The third kappa shape index (κ3) is 3.88. The zero-order valence-corrected chi connectivity index (χ0v) is 12.9. The lowest BCUT2D eigenvalue weighted by atomic mass is 10.1. The van der Waals surface area contributed by atoms with Crippen LogP contribution >= 0.6 is 31.9 Å². The van der Waals surface area contributed by atoms with Gasteiger partial charge >= 0.3 is 0 Å². The van der Waals surface area contributed by atoms with E-state index in [1.807, 2.05) is 12.1 Å². The van der Waals surface area contributed by atoms with Crippen molar-refractivity contribution in [2.45, 2.75) is 0 Å². The van der Waals surface area contributed by atoms with Crippen LogP contribution in [0.1, 0.15) is 10.4 Å². The fourth-order valence-electron chi connectivity index (χ4n) is 1.45. The molecular weight excluding hydrogens is 379 g/mol. The standard InChI is InChI=1S/C14H9Br2FO2/c15-10-3-6-14(12(16)7-10)19-8-13(18)9-1-4-11(17)5-2-9/h1-7H,8H2. The smallest absolute Gasteiger partial charge is 0.200 e. The minimum atomic E-state index is -0.367. The molecule has 0 spiro atoms. The lowest BCUT2D eigenvalue weighted by Gasteiger charge is -2.07. The number of ether oxygens (including phenoxy) is 1. The monoisotopic (exact) mass is 386 g/mol. The molecule has 0 fully saturated rings. The third-order valence-electron chi connectivity index (χ3n) is 2.42. The number of benzene rings is 2. The normalized spacial score (nSPS) is 10.3. The number of ketones is 1. The quantitative estimate of drug-likeness (QED) is 0.716. The van der Waals surface area contributed by atoms with Crippen LogP contribution in [0.4, 0.5) is 4.39 Å². The van der Waals surface area contributed by atoms with Gasteiger partial charge in [0.1, 0.15) is 11.6 Å². The molecule has 0 aliphatic heterocycles.